The van der Waals surface area contributed by atoms with Gasteiger partial charge in [0.1, 0.15) is 17.6 Å². The molecular formula is C23H26FNO2S. The van der Waals surface area contributed by atoms with Crippen molar-refractivity contribution in [3.8, 4) is 0 Å². The van der Waals surface area contributed by atoms with Gasteiger partial charge >= 0.3 is 0 Å². The summed E-state index contributed by atoms with van der Waals surface area (Å²) in [6.45, 7) is 6.06. The van der Waals surface area contributed by atoms with Gasteiger partial charge in [-0.1, -0.05) is 44.0 Å². The van der Waals surface area contributed by atoms with E-state index in [-0.39, 0.29) is 5.69 Å². The minimum atomic E-state index is -0.765. The van der Waals surface area contributed by atoms with Crippen molar-refractivity contribution in [2.24, 2.45) is 10.9 Å². The van der Waals surface area contributed by atoms with Crippen LogP contribution < -0.4 is 0 Å². The van der Waals surface area contributed by atoms with Crippen LogP contribution in [0.5, 0.6) is 0 Å². The predicted molar refractivity (Wildman–Crippen MR) is 113 cm³/mol. The van der Waals surface area contributed by atoms with E-state index in [0.29, 0.717) is 17.0 Å². The third-order valence-electron chi connectivity index (χ3n) is 5.91. The van der Waals surface area contributed by atoms with Gasteiger partial charge in [-0.2, -0.15) is 4.99 Å². The van der Waals surface area contributed by atoms with Crippen LogP contribution in [0.1, 0.15) is 72.4 Å². The lowest BCUT2D eigenvalue weighted by atomic mass is 9.78. The van der Waals surface area contributed by atoms with Crippen molar-refractivity contribution in [3.63, 3.8) is 0 Å². The lowest BCUT2D eigenvalue weighted by molar-refractivity contribution is -0.270. The van der Waals surface area contributed by atoms with Crippen LogP contribution in [0, 0.1) is 25.6 Å². The van der Waals surface area contributed by atoms with Crippen molar-refractivity contribution in [2.75, 3.05) is 0 Å². The first-order valence-electron chi connectivity index (χ1n) is 9.73. The van der Waals surface area contributed by atoms with E-state index in [9.17, 15) is 9.65 Å². The van der Waals surface area contributed by atoms with Crippen LogP contribution in [0.25, 0.3) is 0 Å². The van der Waals surface area contributed by atoms with E-state index < -0.39 is 11.9 Å². The Morgan fingerprint density at radius 2 is 1.86 bits per heavy atom. The molecule has 1 atom stereocenters. The van der Waals surface area contributed by atoms with Gasteiger partial charge in [0.25, 0.3) is 0 Å². The molecule has 2 aromatic rings. The molecule has 1 fully saturated rings. The van der Waals surface area contributed by atoms with E-state index in [1.165, 1.54) is 37.3 Å². The van der Waals surface area contributed by atoms with Crippen LogP contribution in [0.3, 0.4) is 0 Å². The molecule has 1 unspecified atom stereocenters. The van der Waals surface area contributed by atoms with Gasteiger partial charge < -0.3 is 0 Å². The van der Waals surface area contributed by atoms with Crippen LogP contribution in [-0.2, 0) is 4.89 Å². The van der Waals surface area contributed by atoms with Gasteiger partial charge in [0.05, 0.1) is 5.16 Å². The van der Waals surface area contributed by atoms with Gasteiger partial charge in [-0.05, 0) is 84.6 Å². The predicted octanol–water partition coefficient (Wildman–Crippen LogP) is 7.05. The fourth-order valence-electron chi connectivity index (χ4n) is 4.24. The number of benzene rings is 2. The maximum absolute atomic E-state index is 14.4. The smallest absolute Gasteiger partial charge is 0.150 e. The molecule has 1 saturated carbocycles. The van der Waals surface area contributed by atoms with Gasteiger partial charge in [0, 0.05) is 0 Å². The van der Waals surface area contributed by atoms with E-state index in [0.717, 1.165) is 17.0 Å². The van der Waals surface area contributed by atoms with E-state index >= 15 is 0 Å². The molecule has 0 spiro atoms. The van der Waals surface area contributed by atoms with Crippen molar-refractivity contribution >= 4 is 23.1 Å². The molecule has 0 saturated heterocycles. The summed E-state index contributed by atoms with van der Waals surface area (Å²) in [6, 6.07) is 9.36. The number of isothiocyanates is 1. The average molecular weight is 400 g/mol. The van der Waals surface area contributed by atoms with Crippen molar-refractivity contribution in [1.82, 2.24) is 0 Å². The Balaban J connectivity index is 1.92. The molecule has 5 heteroatoms. The highest BCUT2D eigenvalue weighted by Gasteiger charge is 2.23. The lowest BCUT2D eigenvalue weighted by Crippen LogP contribution is -2.12. The van der Waals surface area contributed by atoms with Crippen LogP contribution in [0.2, 0.25) is 0 Å². The molecule has 3 rings (SSSR count). The number of thiocarbonyl (C=S) groups is 1. The standard InChI is InChI=1S/C23H26FNO2S/c1-14-4-6-17(7-5-14)18-8-9-20(15(2)10-18)23(27-26)19-11-16(3)22(25-13-28)21(24)12-19/h8-12,14,17,23,26H,4-7H2,1-3H3. The van der Waals surface area contributed by atoms with E-state index in [1.807, 2.05) is 13.0 Å². The molecular weight excluding hydrogens is 373 g/mol. The zero-order valence-electron chi connectivity index (χ0n) is 16.5. The summed E-state index contributed by atoms with van der Waals surface area (Å²) in [7, 11) is 0. The van der Waals surface area contributed by atoms with Gasteiger partial charge in [-0.25, -0.2) is 9.28 Å². The van der Waals surface area contributed by atoms with Crippen LogP contribution in [-0.4, -0.2) is 10.4 Å². The molecule has 0 heterocycles. The van der Waals surface area contributed by atoms with E-state index in [4.69, 9.17) is 4.89 Å². The van der Waals surface area contributed by atoms with Gasteiger partial charge in [-0.3, -0.25) is 5.26 Å². The van der Waals surface area contributed by atoms with E-state index in [1.54, 1.807) is 13.0 Å². The summed E-state index contributed by atoms with van der Waals surface area (Å²) in [5.41, 5.74) is 4.48. The molecule has 1 N–H and O–H groups in total. The van der Waals surface area contributed by atoms with Crippen LogP contribution in [0.4, 0.5) is 10.1 Å². The normalized spacial score (nSPS) is 20.5. The molecule has 0 aromatic heterocycles. The Morgan fingerprint density at radius 3 is 2.43 bits per heavy atom. The molecule has 1 aliphatic carbocycles. The zero-order valence-corrected chi connectivity index (χ0v) is 17.4. The van der Waals surface area contributed by atoms with Gasteiger partial charge in [0.2, 0.25) is 0 Å². The average Bonchev–Trinajstić information content (AvgIpc) is 2.67. The largest absolute Gasteiger partial charge is 0.251 e. The zero-order chi connectivity index (χ0) is 20.3. The molecule has 0 radical (unpaired) electrons. The Hall–Kier alpha value is -1.91. The summed E-state index contributed by atoms with van der Waals surface area (Å²) in [5, 5.41) is 11.8. The Kier molecular flexibility index (Phi) is 6.73. The van der Waals surface area contributed by atoms with Crippen molar-refractivity contribution in [2.45, 2.75) is 58.5 Å². The summed E-state index contributed by atoms with van der Waals surface area (Å²) >= 11 is 4.58. The minimum Gasteiger partial charge on any atom is -0.251 e. The number of aliphatic imine (C=N–C) groups is 1. The van der Waals surface area contributed by atoms with Crippen molar-refractivity contribution < 1.29 is 14.5 Å². The summed E-state index contributed by atoms with van der Waals surface area (Å²) < 4.78 is 14.4. The molecule has 1 aliphatic rings. The number of hydrogen-bond acceptors (Lipinski definition) is 4. The Bertz CT molecular complexity index is 876. The maximum Gasteiger partial charge on any atom is 0.150 e. The van der Waals surface area contributed by atoms with Crippen LogP contribution in [0.15, 0.2) is 35.3 Å². The monoisotopic (exact) mass is 399 g/mol. The Morgan fingerprint density at radius 1 is 1.14 bits per heavy atom. The molecule has 0 aliphatic heterocycles. The van der Waals surface area contributed by atoms with Crippen LogP contribution >= 0.6 is 12.2 Å². The van der Waals surface area contributed by atoms with Gasteiger partial charge in [-0.15, -0.1) is 0 Å². The SMILES string of the molecule is Cc1cc(C2CCC(C)CC2)ccc1C(OO)c1cc(C)c(N=C=S)c(F)c1. The second kappa shape index (κ2) is 9.06. The van der Waals surface area contributed by atoms with E-state index in [2.05, 4.69) is 41.4 Å². The molecule has 0 amide bonds. The molecule has 148 valence electrons. The minimum absolute atomic E-state index is 0.161. The number of halogens is 1. The summed E-state index contributed by atoms with van der Waals surface area (Å²) in [6.07, 6.45) is 4.20. The second-order valence-electron chi connectivity index (χ2n) is 7.93. The van der Waals surface area contributed by atoms with Gasteiger partial charge in [0.15, 0.2) is 0 Å². The number of nitrogens with zero attached hydrogens (tertiary/aromatic N) is 1. The quantitative estimate of drug-likeness (QED) is 0.253. The highest BCUT2D eigenvalue weighted by Crippen LogP contribution is 2.38. The third-order valence-corrected chi connectivity index (χ3v) is 6.00. The second-order valence-corrected chi connectivity index (χ2v) is 8.11. The highest BCUT2D eigenvalue weighted by molar-refractivity contribution is 7.78. The molecule has 28 heavy (non-hydrogen) atoms. The molecule has 3 nitrogen and oxygen atoms in total. The first-order chi connectivity index (χ1) is 13.4. The summed E-state index contributed by atoms with van der Waals surface area (Å²) in [5.74, 6) is 0.886. The van der Waals surface area contributed by atoms with Crippen molar-refractivity contribution in [1.29, 1.82) is 0 Å². The number of hydrogen-bond donors (Lipinski definition) is 1. The first-order valence-corrected chi connectivity index (χ1v) is 10.1. The molecule has 2 aromatic carbocycles. The molecule has 0 bridgehead atoms. The third kappa shape index (κ3) is 4.39. The maximum atomic E-state index is 14.4. The lowest BCUT2D eigenvalue weighted by Gasteiger charge is -2.27. The fourth-order valence-corrected chi connectivity index (χ4v) is 4.33. The summed E-state index contributed by atoms with van der Waals surface area (Å²) in [4.78, 5) is 8.56. The first kappa shape index (κ1) is 20.8. The highest BCUT2D eigenvalue weighted by atomic mass is 32.1. The number of aryl methyl sites for hydroxylation is 2. The topological polar surface area (TPSA) is 41.8 Å². The fraction of sp³-hybridized carbons (Fsp3) is 0.435. The number of rotatable bonds is 5. The Labute approximate surface area is 171 Å². The van der Waals surface area contributed by atoms with Crippen molar-refractivity contribution in [3.05, 3.63) is 64.0 Å².